The molecular formula is C36H37O17+. The fourth-order valence-corrected chi connectivity index (χ4v) is 5.70. The van der Waals surface area contributed by atoms with Gasteiger partial charge in [0.25, 0.3) is 0 Å². The molecule has 0 bridgehead atoms. The van der Waals surface area contributed by atoms with E-state index in [0.717, 1.165) is 12.1 Å². The number of esters is 1. The van der Waals surface area contributed by atoms with Gasteiger partial charge in [0.15, 0.2) is 0 Å². The number of aliphatic hydroxyl groups excluding tert-OH is 7. The number of carbonyl (C=O) groups is 1. The molecule has 1 aromatic heterocycles. The maximum atomic E-state index is 12.4. The van der Waals surface area contributed by atoms with Gasteiger partial charge in [0, 0.05) is 18.2 Å². The Morgan fingerprint density at radius 3 is 1.87 bits per heavy atom. The molecule has 6 rings (SSSR count). The van der Waals surface area contributed by atoms with Crippen LogP contribution in [0.1, 0.15) is 5.56 Å². The molecule has 3 aromatic carbocycles. The zero-order chi connectivity index (χ0) is 38.0. The minimum absolute atomic E-state index is 0.0225. The summed E-state index contributed by atoms with van der Waals surface area (Å²) < 4.78 is 34.4. The van der Waals surface area contributed by atoms with Crippen molar-refractivity contribution < 1.29 is 84.0 Å². The Balaban J connectivity index is 1.30. The minimum atomic E-state index is -1.86. The van der Waals surface area contributed by atoms with Crippen LogP contribution in [0.2, 0.25) is 0 Å². The summed E-state index contributed by atoms with van der Waals surface area (Å²) in [5, 5.41) is 103. The second-order valence-corrected chi connectivity index (χ2v) is 12.3. The van der Waals surface area contributed by atoms with Crippen LogP contribution in [0.15, 0.2) is 77.2 Å². The fraction of sp³-hybridized carbons (Fsp3) is 0.333. The monoisotopic (exact) mass is 741 g/mol. The highest BCUT2D eigenvalue weighted by atomic mass is 16.7. The van der Waals surface area contributed by atoms with Gasteiger partial charge >= 0.3 is 17.3 Å². The molecule has 0 aliphatic carbocycles. The van der Waals surface area contributed by atoms with Crippen molar-refractivity contribution in [2.45, 2.75) is 61.4 Å². The third kappa shape index (κ3) is 8.28. The summed E-state index contributed by atoms with van der Waals surface area (Å²) in [7, 11) is 0. The lowest BCUT2D eigenvalue weighted by atomic mass is 9.99. The van der Waals surface area contributed by atoms with Crippen molar-refractivity contribution in [3.05, 3.63) is 78.4 Å². The normalized spacial score (nSPS) is 28.9. The van der Waals surface area contributed by atoms with Gasteiger partial charge in [0.2, 0.25) is 18.3 Å². The maximum absolute atomic E-state index is 12.4. The predicted octanol–water partition coefficient (Wildman–Crippen LogP) is 0.119. The number of ether oxygens (including phenoxy) is 5. The van der Waals surface area contributed by atoms with Crippen LogP contribution in [0, 0.1) is 0 Å². The molecule has 10 N–H and O–H groups in total. The van der Waals surface area contributed by atoms with Crippen LogP contribution in [-0.4, -0.2) is 132 Å². The Morgan fingerprint density at radius 1 is 0.679 bits per heavy atom. The molecule has 0 saturated carbocycles. The number of phenolic OH excluding ortho intramolecular Hbond substituents is 3. The zero-order valence-corrected chi connectivity index (χ0v) is 27.5. The first-order valence-electron chi connectivity index (χ1n) is 16.2. The van der Waals surface area contributed by atoms with E-state index < -0.39 is 80.6 Å². The molecule has 2 aliphatic heterocycles. The Labute approximate surface area is 299 Å². The number of phenols is 3. The molecule has 0 amide bonds. The van der Waals surface area contributed by atoms with Crippen molar-refractivity contribution >= 4 is 23.0 Å². The zero-order valence-electron chi connectivity index (χ0n) is 27.5. The van der Waals surface area contributed by atoms with Gasteiger partial charge in [0.1, 0.15) is 83.8 Å². The van der Waals surface area contributed by atoms with Gasteiger partial charge in [-0.25, -0.2) is 9.21 Å². The summed E-state index contributed by atoms with van der Waals surface area (Å²) in [5.74, 6) is -1.65. The summed E-state index contributed by atoms with van der Waals surface area (Å²) in [6.45, 7) is -1.30. The average Bonchev–Trinajstić information content (AvgIpc) is 3.14. The van der Waals surface area contributed by atoms with Gasteiger partial charge in [-0.3, -0.25) is 0 Å². The van der Waals surface area contributed by atoms with Gasteiger partial charge in [-0.15, -0.1) is 0 Å². The van der Waals surface area contributed by atoms with E-state index in [4.69, 9.17) is 28.1 Å². The van der Waals surface area contributed by atoms with E-state index in [2.05, 4.69) is 0 Å². The van der Waals surface area contributed by atoms with Crippen molar-refractivity contribution in [1.82, 2.24) is 0 Å². The van der Waals surface area contributed by atoms with Crippen LogP contribution >= 0.6 is 0 Å². The van der Waals surface area contributed by atoms with Crippen LogP contribution in [0.25, 0.3) is 28.4 Å². The number of aliphatic hydroxyl groups is 7. The van der Waals surface area contributed by atoms with Gasteiger partial charge in [-0.2, -0.15) is 0 Å². The molecular weight excluding hydrogens is 704 g/mol. The molecule has 0 spiro atoms. The van der Waals surface area contributed by atoms with Crippen LogP contribution in [0.4, 0.5) is 0 Å². The highest BCUT2D eigenvalue weighted by Crippen LogP contribution is 2.42. The summed E-state index contributed by atoms with van der Waals surface area (Å²) in [4.78, 5) is 12.4. The summed E-state index contributed by atoms with van der Waals surface area (Å²) >= 11 is 0. The van der Waals surface area contributed by atoms with E-state index in [1.54, 1.807) is 12.1 Å². The highest BCUT2D eigenvalue weighted by Gasteiger charge is 2.47. The molecule has 282 valence electrons. The lowest BCUT2D eigenvalue weighted by Gasteiger charge is -2.39. The molecule has 53 heavy (non-hydrogen) atoms. The number of rotatable bonds is 10. The first-order chi connectivity index (χ1) is 25.3. The highest BCUT2D eigenvalue weighted by molar-refractivity contribution is 5.89. The largest absolute Gasteiger partial charge is 0.508 e. The number of hydrogen-bond donors (Lipinski definition) is 10. The first kappa shape index (κ1) is 37.7. The standard InChI is InChI=1S/C36H36O17/c37-14-25-28(42)30(44)32(46)35(52-25)50-23-12-20(40)11-22-21(23)13-24(34(49-22)17-4-8-19(39)9-5-17)51-36-33(47)31(45)29(43)26(53-36)15-48-27(41)10-3-16-1-6-18(38)7-2-16/h1-13,25-26,28-33,35-37,42-47H,14-15H2,(H2-,38,39,40,41)/p+1/t25?,26?,28-,29-,30+,31+,32?,33?,35-,36-/m1/s1. The van der Waals surface area contributed by atoms with E-state index in [1.807, 2.05) is 0 Å². The van der Waals surface area contributed by atoms with Gasteiger partial charge in [-0.1, -0.05) is 12.1 Å². The molecule has 4 unspecified atom stereocenters. The van der Waals surface area contributed by atoms with Crippen molar-refractivity contribution in [3.63, 3.8) is 0 Å². The van der Waals surface area contributed by atoms with Crippen molar-refractivity contribution in [3.8, 4) is 40.1 Å². The molecule has 2 aliphatic rings. The van der Waals surface area contributed by atoms with Crippen molar-refractivity contribution in [1.29, 1.82) is 0 Å². The Hall–Kier alpha value is -5.08. The van der Waals surface area contributed by atoms with Crippen LogP contribution in [-0.2, 0) is 19.0 Å². The van der Waals surface area contributed by atoms with Crippen LogP contribution in [0.5, 0.6) is 28.7 Å². The van der Waals surface area contributed by atoms with E-state index in [9.17, 15) is 55.9 Å². The topological polar surface area (TPSA) is 277 Å². The Kier molecular flexibility index (Phi) is 11.3. The molecule has 10 atom stereocenters. The number of fused-ring (bicyclic) bond motifs is 1. The van der Waals surface area contributed by atoms with Gasteiger partial charge in [0.05, 0.1) is 18.2 Å². The number of benzene rings is 3. The lowest BCUT2D eigenvalue weighted by molar-refractivity contribution is -0.278. The van der Waals surface area contributed by atoms with Gasteiger partial charge < -0.3 is 74.7 Å². The van der Waals surface area contributed by atoms with Gasteiger partial charge in [-0.05, 0) is 48.0 Å². The second-order valence-electron chi connectivity index (χ2n) is 12.3. The van der Waals surface area contributed by atoms with Crippen molar-refractivity contribution in [2.75, 3.05) is 13.2 Å². The summed E-state index contributed by atoms with van der Waals surface area (Å²) in [5.41, 5.74) is 0.879. The predicted molar refractivity (Wildman–Crippen MR) is 179 cm³/mol. The van der Waals surface area contributed by atoms with Crippen LogP contribution < -0.4 is 9.47 Å². The third-order valence-electron chi connectivity index (χ3n) is 8.63. The molecule has 17 heteroatoms. The number of carbonyl (C=O) groups excluding carboxylic acids is 1. The maximum Gasteiger partial charge on any atom is 0.402 e. The third-order valence-corrected chi connectivity index (χ3v) is 8.63. The molecule has 3 heterocycles. The molecule has 2 saturated heterocycles. The van der Waals surface area contributed by atoms with E-state index in [0.29, 0.717) is 11.1 Å². The minimum Gasteiger partial charge on any atom is -0.508 e. The fourth-order valence-electron chi connectivity index (χ4n) is 5.70. The number of aromatic hydroxyl groups is 3. The van der Waals surface area contributed by atoms with E-state index >= 15 is 0 Å². The molecule has 4 aromatic rings. The molecule has 17 nitrogen and oxygen atoms in total. The second kappa shape index (κ2) is 15.9. The number of hydrogen-bond acceptors (Lipinski definition) is 16. The average molecular weight is 742 g/mol. The summed E-state index contributed by atoms with van der Waals surface area (Å²) in [6, 6.07) is 15.3. The van der Waals surface area contributed by atoms with Crippen LogP contribution in [0.3, 0.4) is 0 Å². The lowest BCUT2D eigenvalue weighted by Crippen LogP contribution is -2.60. The SMILES string of the molecule is O=C(/C=C\c1ccc(O)cc1)OCC1O[C@@H](Oc2cc3c(O[C@@H]4OC(CO)[C@@H](O)[C@H](O)C4O)cc(O)cc3[o+]c2-c2ccc(O)cc2)C(O)[C@@H](O)[C@@H]1O. The summed E-state index contributed by atoms with van der Waals surface area (Å²) in [6.07, 6.45) is -14.2. The van der Waals surface area contributed by atoms with E-state index in [1.165, 1.54) is 54.6 Å². The Bertz CT molecular complexity index is 1910. The molecule has 2 fully saturated rings. The first-order valence-corrected chi connectivity index (χ1v) is 16.2. The van der Waals surface area contributed by atoms with Crippen molar-refractivity contribution in [2.24, 2.45) is 0 Å². The quantitative estimate of drug-likeness (QED) is 0.0587. The van der Waals surface area contributed by atoms with E-state index in [-0.39, 0.29) is 45.5 Å². The molecule has 0 radical (unpaired) electrons. The Morgan fingerprint density at radius 2 is 1.25 bits per heavy atom. The smallest absolute Gasteiger partial charge is 0.402 e.